The van der Waals surface area contributed by atoms with E-state index in [-0.39, 0.29) is 11.8 Å². The van der Waals surface area contributed by atoms with E-state index in [1.54, 1.807) is 23.7 Å². The maximum absolute atomic E-state index is 13.1. The minimum atomic E-state index is -0.592. The monoisotopic (exact) mass is 433 g/mol. The molecule has 4 rings (SSSR count). The number of hydrogen-bond donors (Lipinski definition) is 1. The van der Waals surface area contributed by atoms with Crippen molar-refractivity contribution in [1.82, 2.24) is 15.2 Å². The van der Waals surface area contributed by atoms with Crippen LogP contribution in [0.1, 0.15) is 24.5 Å². The molecule has 0 bridgehead atoms. The lowest BCUT2D eigenvalue weighted by Crippen LogP contribution is -2.45. The molecule has 0 aliphatic carbocycles. The number of carbonyl (C=O) groups excluding carboxylic acids is 2. The third kappa shape index (κ3) is 4.85. The first-order valence-corrected chi connectivity index (χ1v) is 11.6. The minimum Gasteiger partial charge on any atom is -0.356 e. The molecular weight excluding hydrogens is 406 g/mol. The summed E-state index contributed by atoms with van der Waals surface area (Å²) in [6.45, 7) is 3.57. The van der Waals surface area contributed by atoms with Crippen molar-refractivity contribution in [2.24, 2.45) is 5.41 Å². The molecule has 1 fully saturated rings. The Balaban J connectivity index is 1.50. The summed E-state index contributed by atoms with van der Waals surface area (Å²) in [6.07, 6.45) is 5.03. The molecule has 1 atom stereocenters. The number of amides is 2. The van der Waals surface area contributed by atoms with Crippen LogP contribution in [0.3, 0.4) is 0 Å². The van der Waals surface area contributed by atoms with Gasteiger partial charge in [0.25, 0.3) is 0 Å². The molecule has 1 unspecified atom stereocenters. The highest BCUT2D eigenvalue weighted by Gasteiger charge is 2.45. The van der Waals surface area contributed by atoms with Gasteiger partial charge in [-0.15, -0.1) is 11.3 Å². The number of benzene rings is 1. The molecular formula is C25H27N3O2S. The summed E-state index contributed by atoms with van der Waals surface area (Å²) in [5.74, 6) is 0.0845. The van der Waals surface area contributed by atoms with Gasteiger partial charge in [0.05, 0.1) is 11.8 Å². The average molecular weight is 434 g/mol. The highest BCUT2D eigenvalue weighted by atomic mass is 32.1. The molecule has 5 nitrogen and oxygen atoms in total. The highest BCUT2D eigenvalue weighted by Crippen LogP contribution is 2.36. The van der Waals surface area contributed by atoms with Crippen LogP contribution in [-0.2, 0) is 22.4 Å². The van der Waals surface area contributed by atoms with Crippen LogP contribution >= 0.6 is 11.3 Å². The van der Waals surface area contributed by atoms with Crippen LogP contribution in [0.25, 0.3) is 10.4 Å². The molecule has 1 N–H and O–H groups in total. The van der Waals surface area contributed by atoms with Crippen molar-refractivity contribution in [3.63, 3.8) is 0 Å². The van der Waals surface area contributed by atoms with E-state index in [4.69, 9.17) is 0 Å². The van der Waals surface area contributed by atoms with Crippen molar-refractivity contribution in [2.75, 3.05) is 19.6 Å². The van der Waals surface area contributed by atoms with Crippen LogP contribution < -0.4 is 5.32 Å². The number of thiophene rings is 1. The number of hydrogen-bond acceptors (Lipinski definition) is 4. The Bertz CT molecular complexity index is 1020. The summed E-state index contributed by atoms with van der Waals surface area (Å²) >= 11 is 1.72. The Hall–Kier alpha value is -2.99. The number of carbonyl (C=O) groups is 2. The molecule has 1 aliphatic rings. The van der Waals surface area contributed by atoms with Crippen molar-refractivity contribution in [3.8, 4) is 10.4 Å². The first-order valence-electron chi connectivity index (χ1n) is 10.7. The minimum absolute atomic E-state index is 0.0361. The highest BCUT2D eigenvalue weighted by molar-refractivity contribution is 7.13. The van der Waals surface area contributed by atoms with Gasteiger partial charge in [-0.2, -0.15) is 0 Å². The van der Waals surface area contributed by atoms with Gasteiger partial charge in [0.15, 0.2) is 0 Å². The molecule has 0 radical (unpaired) electrons. The van der Waals surface area contributed by atoms with Crippen LogP contribution in [0.5, 0.6) is 0 Å². The normalized spacial score (nSPS) is 18.2. The quantitative estimate of drug-likeness (QED) is 0.614. The summed E-state index contributed by atoms with van der Waals surface area (Å²) in [7, 11) is 0. The Morgan fingerprint density at radius 1 is 1.13 bits per heavy atom. The van der Waals surface area contributed by atoms with Gasteiger partial charge >= 0.3 is 0 Å². The third-order valence-electron chi connectivity index (χ3n) is 5.91. The summed E-state index contributed by atoms with van der Waals surface area (Å²) < 4.78 is 0. The molecule has 1 saturated heterocycles. The lowest BCUT2D eigenvalue weighted by molar-refractivity contribution is -0.132. The maximum Gasteiger partial charge on any atom is 0.228 e. The van der Waals surface area contributed by atoms with Crippen LogP contribution in [0.2, 0.25) is 0 Å². The second-order valence-electron chi connectivity index (χ2n) is 8.09. The van der Waals surface area contributed by atoms with E-state index in [2.05, 4.69) is 46.0 Å². The largest absolute Gasteiger partial charge is 0.356 e. The van der Waals surface area contributed by atoms with Crippen molar-refractivity contribution < 1.29 is 9.59 Å². The molecule has 31 heavy (non-hydrogen) atoms. The van der Waals surface area contributed by atoms with E-state index in [9.17, 15) is 9.59 Å². The SMILES string of the molecule is CCNC(=O)C1(Cc2ccc(-c3cccs3)cc2)CCN(C(=O)Cc2cccnc2)C1. The van der Waals surface area contributed by atoms with E-state index in [1.807, 2.05) is 30.0 Å². The Labute approximate surface area is 187 Å². The van der Waals surface area contributed by atoms with Gasteiger partial charge < -0.3 is 10.2 Å². The molecule has 1 aliphatic heterocycles. The van der Waals surface area contributed by atoms with E-state index < -0.39 is 5.41 Å². The zero-order valence-corrected chi connectivity index (χ0v) is 18.5. The van der Waals surface area contributed by atoms with Crippen molar-refractivity contribution >= 4 is 23.2 Å². The van der Waals surface area contributed by atoms with Gasteiger partial charge in [-0.3, -0.25) is 14.6 Å². The first kappa shape index (κ1) is 21.2. The van der Waals surface area contributed by atoms with Gasteiger partial charge in [-0.1, -0.05) is 36.4 Å². The van der Waals surface area contributed by atoms with Gasteiger partial charge in [0.1, 0.15) is 0 Å². The molecule has 3 heterocycles. The lowest BCUT2D eigenvalue weighted by Gasteiger charge is -2.28. The topological polar surface area (TPSA) is 62.3 Å². The molecule has 2 aromatic heterocycles. The first-order chi connectivity index (χ1) is 15.1. The number of likely N-dealkylation sites (tertiary alicyclic amines) is 1. The predicted octanol–water partition coefficient (Wildman–Crippen LogP) is 3.95. The average Bonchev–Trinajstić information content (AvgIpc) is 3.47. The molecule has 2 amide bonds. The predicted molar refractivity (Wildman–Crippen MR) is 124 cm³/mol. The smallest absolute Gasteiger partial charge is 0.228 e. The summed E-state index contributed by atoms with van der Waals surface area (Å²) in [6, 6.07) is 16.4. The fourth-order valence-corrected chi connectivity index (χ4v) is 4.99. The van der Waals surface area contributed by atoms with Crippen molar-refractivity contribution in [2.45, 2.75) is 26.2 Å². The van der Waals surface area contributed by atoms with Gasteiger partial charge in [0, 0.05) is 36.9 Å². The summed E-state index contributed by atoms with van der Waals surface area (Å²) in [5, 5.41) is 5.08. The number of aromatic nitrogens is 1. The second kappa shape index (κ2) is 9.43. The van der Waals surface area contributed by atoms with E-state index in [0.29, 0.717) is 38.9 Å². The van der Waals surface area contributed by atoms with Crippen LogP contribution in [-0.4, -0.2) is 41.3 Å². The van der Waals surface area contributed by atoms with Crippen molar-refractivity contribution in [1.29, 1.82) is 0 Å². The van der Waals surface area contributed by atoms with E-state index in [0.717, 1.165) is 11.1 Å². The summed E-state index contributed by atoms with van der Waals surface area (Å²) in [5.41, 5.74) is 2.61. The molecule has 0 saturated carbocycles. The second-order valence-corrected chi connectivity index (χ2v) is 9.04. The number of nitrogens with one attached hydrogen (secondary N) is 1. The molecule has 160 valence electrons. The Kier molecular flexibility index (Phi) is 6.47. The van der Waals surface area contributed by atoms with Gasteiger partial charge in [-0.25, -0.2) is 0 Å². The zero-order chi connectivity index (χ0) is 21.7. The fraction of sp³-hybridized carbons (Fsp3) is 0.320. The number of nitrogens with zero attached hydrogens (tertiary/aromatic N) is 2. The van der Waals surface area contributed by atoms with Crippen LogP contribution in [0.15, 0.2) is 66.3 Å². The fourth-order valence-electron chi connectivity index (χ4n) is 4.25. The molecule has 6 heteroatoms. The van der Waals surface area contributed by atoms with E-state index in [1.165, 1.54) is 10.4 Å². The van der Waals surface area contributed by atoms with Crippen LogP contribution in [0, 0.1) is 5.41 Å². The van der Waals surface area contributed by atoms with Crippen molar-refractivity contribution in [3.05, 3.63) is 77.4 Å². The lowest BCUT2D eigenvalue weighted by atomic mass is 9.79. The molecule has 1 aromatic carbocycles. The molecule has 0 spiro atoms. The van der Waals surface area contributed by atoms with Crippen LogP contribution in [0.4, 0.5) is 0 Å². The van der Waals surface area contributed by atoms with Gasteiger partial charge in [0.2, 0.25) is 11.8 Å². The Morgan fingerprint density at radius 3 is 2.65 bits per heavy atom. The van der Waals surface area contributed by atoms with Gasteiger partial charge in [-0.05, 0) is 54.0 Å². The Morgan fingerprint density at radius 2 is 1.97 bits per heavy atom. The maximum atomic E-state index is 13.1. The summed E-state index contributed by atoms with van der Waals surface area (Å²) in [4.78, 5) is 33.1. The third-order valence-corrected chi connectivity index (χ3v) is 6.82. The zero-order valence-electron chi connectivity index (χ0n) is 17.7. The standard InChI is InChI=1S/C25H27N3O2S/c1-2-27-24(30)25(16-19-7-9-21(10-8-19)22-6-4-14-31-22)11-13-28(18-25)23(29)15-20-5-3-12-26-17-20/h3-10,12,14,17H,2,11,13,15-16,18H2,1H3,(H,27,30). The number of pyridine rings is 1. The van der Waals surface area contributed by atoms with E-state index >= 15 is 0 Å². The molecule has 3 aromatic rings. The number of rotatable bonds is 7.